The summed E-state index contributed by atoms with van der Waals surface area (Å²) in [7, 11) is 0. The molecular formula is C23H42O4. The number of hydrogen-bond acceptors (Lipinski definition) is 4. The molecule has 0 aromatic rings. The Labute approximate surface area is 166 Å². The molecule has 0 radical (unpaired) electrons. The summed E-state index contributed by atoms with van der Waals surface area (Å²) in [6, 6.07) is 0. The van der Waals surface area contributed by atoms with Crippen LogP contribution in [-0.2, 0) is 9.53 Å². The van der Waals surface area contributed by atoms with E-state index in [0.29, 0.717) is 6.42 Å². The van der Waals surface area contributed by atoms with Gasteiger partial charge in [-0.05, 0) is 38.5 Å². The average molecular weight is 383 g/mol. The average Bonchev–Trinajstić information content (AvgIpc) is 2.68. The zero-order chi connectivity index (χ0) is 20.0. The van der Waals surface area contributed by atoms with Gasteiger partial charge in [-0.3, -0.25) is 4.79 Å². The van der Waals surface area contributed by atoms with Gasteiger partial charge in [0.05, 0.1) is 6.61 Å². The van der Waals surface area contributed by atoms with Crippen LogP contribution in [0.15, 0.2) is 24.3 Å². The molecule has 2 N–H and O–H groups in total. The van der Waals surface area contributed by atoms with Crippen LogP contribution in [-0.4, -0.2) is 35.5 Å². The third-order valence-corrected chi connectivity index (χ3v) is 4.48. The number of aliphatic hydroxyl groups excluding tert-OH is 2. The van der Waals surface area contributed by atoms with Gasteiger partial charge in [0, 0.05) is 6.42 Å². The SMILES string of the molecule is CCCCC/C=C\C/C=C\CCCCCCCCCC(=O)OCC(O)CO. The Bertz CT molecular complexity index is 377. The smallest absolute Gasteiger partial charge is 0.305 e. The molecule has 1 unspecified atom stereocenters. The third kappa shape index (κ3) is 21.0. The first-order chi connectivity index (χ1) is 13.2. The zero-order valence-corrected chi connectivity index (χ0v) is 17.4. The predicted octanol–water partition coefficient (Wildman–Crippen LogP) is 5.48. The molecule has 0 bridgehead atoms. The van der Waals surface area contributed by atoms with Gasteiger partial charge in [0.2, 0.25) is 0 Å². The quantitative estimate of drug-likeness (QED) is 0.176. The van der Waals surface area contributed by atoms with Gasteiger partial charge in [0.15, 0.2) is 0 Å². The third-order valence-electron chi connectivity index (χ3n) is 4.48. The van der Waals surface area contributed by atoms with Gasteiger partial charge in [-0.1, -0.05) is 76.2 Å². The van der Waals surface area contributed by atoms with Crippen LogP contribution in [0.4, 0.5) is 0 Å². The minimum atomic E-state index is -0.962. The number of carbonyl (C=O) groups excluding carboxylic acids is 1. The van der Waals surface area contributed by atoms with Crippen molar-refractivity contribution >= 4 is 5.97 Å². The zero-order valence-electron chi connectivity index (χ0n) is 17.4. The van der Waals surface area contributed by atoms with Crippen LogP contribution in [0.1, 0.15) is 96.8 Å². The van der Waals surface area contributed by atoms with E-state index < -0.39 is 6.10 Å². The van der Waals surface area contributed by atoms with Crippen molar-refractivity contribution < 1.29 is 19.7 Å². The Balaban J connectivity index is 3.26. The monoisotopic (exact) mass is 382 g/mol. The highest BCUT2D eigenvalue weighted by Gasteiger charge is 2.07. The normalized spacial score (nSPS) is 12.9. The second-order valence-electron chi connectivity index (χ2n) is 7.21. The minimum absolute atomic E-state index is 0.112. The van der Waals surface area contributed by atoms with Crippen LogP contribution >= 0.6 is 0 Å². The van der Waals surface area contributed by atoms with E-state index in [0.717, 1.165) is 25.7 Å². The van der Waals surface area contributed by atoms with Crippen LogP contribution in [0.25, 0.3) is 0 Å². The van der Waals surface area contributed by atoms with Crippen molar-refractivity contribution in [2.45, 2.75) is 103 Å². The fourth-order valence-corrected chi connectivity index (χ4v) is 2.75. The van der Waals surface area contributed by atoms with Gasteiger partial charge in [0.1, 0.15) is 12.7 Å². The summed E-state index contributed by atoms with van der Waals surface area (Å²) in [4.78, 5) is 11.4. The predicted molar refractivity (Wildman–Crippen MR) is 113 cm³/mol. The van der Waals surface area contributed by atoms with Crippen molar-refractivity contribution in [1.82, 2.24) is 0 Å². The molecule has 0 saturated carbocycles. The first-order valence-corrected chi connectivity index (χ1v) is 10.9. The summed E-state index contributed by atoms with van der Waals surface area (Å²) < 4.78 is 4.86. The summed E-state index contributed by atoms with van der Waals surface area (Å²) in [5.74, 6) is -0.287. The Morgan fingerprint density at radius 2 is 1.41 bits per heavy atom. The number of hydrogen-bond donors (Lipinski definition) is 2. The molecule has 0 aromatic carbocycles. The number of ether oxygens (including phenoxy) is 1. The van der Waals surface area contributed by atoms with Crippen molar-refractivity contribution in [3.8, 4) is 0 Å². The molecule has 0 rings (SSSR count). The Morgan fingerprint density at radius 3 is 2.00 bits per heavy atom. The number of rotatable bonds is 19. The van der Waals surface area contributed by atoms with E-state index in [-0.39, 0.29) is 19.2 Å². The number of aliphatic hydroxyl groups is 2. The van der Waals surface area contributed by atoms with E-state index in [9.17, 15) is 4.79 Å². The minimum Gasteiger partial charge on any atom is -0.463 e. The lowest BCUT2D eigenvalue weighted by Gasteiger charge is -2.08. The van der Waals surface area contributed by atoms with Crippen molar-refractivity contribution in [2.24, 2.45) is 0 Å². The number of unbranched alkanes of at least 4 members (excludes halogenated alkanes) is 10. The van der Waals surface area contributed by atoms with E-state index in [1.54, 1.807) is 0 Å². The van der Waals surface area contributed by atoms with Crippen LogP contribution in [0.2, 0.25) is 0 Å². The fourth-order valence-electron chi connectivity index (χ4n) is 2.75. The number of esters is 1. The lowest BCUT2D eigenvalue weighted by atomic mass is 10.1. The van der Waals surface area contributed by atoms with Gasteiger partial charge in [-0.25, -0.2) is 0 Å². The number of allylic oxidation sites excluding steroid dienone is 4. The molecule has 0 spiro atoms. The molecule has 0 heterocycles. The van der Waals surface area contributed by atoms with Gasteiger partial charge in [-0.15, -0.1) is 0 Å². The summed E-state index contributed by atoms with van der Waals surface area (Å²) in [5, 5.41) is 17.7. The molecule has 27 heavy (non-hydrogen) atoms. The topological polar surface area (TPSA) is 66.8 Å². The summed E-state index contributed by atoms with van der Waals surface area (Å²) in [6.45, 7) is 1.75. The molecule has 0 aliphatic heterocycles. The van der Waals surface area contributed by atoms with Gasteiger partial charge >= 0.3 is 5.97 Å². The molecule has 0 amide bonds. The highest BCUT2D eigenvalue weighted by Crippen LogP contribution is 2.10. The van der Waals surface area contributed by atoms with Crippen molar-refractivity contribution in [3.63, 3.8) is 0 Å². The number of carbonyl (C=O) groups is 1. The first kappa shape index (κ1) is 25.9. The molecule has 0 aliphatic rings. The lowest BCUT2D eigenvalue weighted by molar-refractivity contribution is -0.147. The summed E-state index contributed by atoms with van der Waals surface area (Å²) in [6.07, 6.45) is 24.1. The Kier molecular flexibility index (Phi) is 20.3. The second-order valence-corrected chi connectivity index (χ2v) is 7.21. The molecular weight excluding hydrogens is 340 g/mol. The largest absolute Gasteiger partial charge is 0.463 e. The van der Waals surface area contributed by atoms with E-state index in [1.807, 2.05) is 0 Å². The van der Waals surface area contributed by atoms with Crippen molar-refractivity contribution in [1.29, 1.82) is 0 Å². The first-order valence-electron chi connectivity index (χ1n) is 10.9. The van der Waals surface area contributed by atoms with E-state index in [1.165, 1.54) is 57.8 Å². The standard InChI is InChI=1S/C23H42O4/c1-2-3-4-5-6-7-8-9-10-11-12-13-14-15-16-17-18-19-23(26)27-21-22(25)20-24/h6-7,9-10,22,24-25H,2-5,8,11-21H2,1H3/b7-6-,10-9-. The van der Waals surface area contributed by atoms with Crippen molar-refractivity contribution in [2.75, 3.05) is 13.2 Å². The Hall–Kier alpha value is -1.13. The van der Waals surface area contributed by atoms with Crippen LogP contribution in [0.3, 0.4) is 0 Å². The summed E-state index contributed by atoms with van der Waals surface area (Å²) >= 11 is 0. The van der Waals surface area contributed by atoms with Crippen LogP contribution in [0.5, 0.6) is 0 Å². The maximum Gasteiger partial charge on any atom is 0.305 e. The molecule has 1 atom stereocenters. The second kappa shape index (κ2) is 21.2. The molecule has 0 saturated heterocycles. The van der Waals surface area contributed by atoms with E-state index in [4.69, 9.17) is 14.9 Å². The van der Waals surface area contributed by atoms with E-state index >= 15 is 0 Å². The van der Waals surface area contributed by atoms with Crippen LogP contribution in [0, 0.1) is 0 Å². The maximum absolute atomic E-state index is 11.4. The van der Waals surface area contributed by atoms with Crippen molar-refractivity contribution in [3.05, 3.63) is 24.3 Å². The fraction of sp³-hybridized carbons (Fsp3) is 0.783. The molecule has 0 fully saturated rings. The molecule has 0 aromatic heterocycles. The van der Waals surface area contributed by atoms with Gasteiger partial charge in [-0.2, -0.15) is 0 Å². The van der Waals surface area contributed by atoms with E-state index in [2.05, 4.69) is 31.2 Å². The summed E-state index contributed by atoms with van der Waals surface area (Å²) in [5.41, 5.74) is 0. The highest BCUT2D eigenvalue weighted by atomic mass is 16.5. The molecule has 4 nitrogen and oxygen atoms in total. The maximum atomic E-state index is 11.4. The van der Waals surface area contributed by atoms with Gasteiger partial charge in [0.25, 0.3) is 0 Å². The molecule has 4 heteroatoms. The molecule has 0 aliphatic carbocycles. The Morgan fingerprint density at radius 1 is 0.852 bits per heavy atom. The van der Waals surface area contributed by atoms with Gasteiger partial charge < -0.3 is 14.9 Å². The highest BCUT2D eigenvalue weighted by molar-refractivity contribution is 5.69. The van der Waals surface area contributed by atoms with Crippen LogP contribution < -0.4 is 0 Å². The lowest BCUT2D eigenvalue weighted by Crippen LogP contribution is -2.21. The molecule has 158 valence electrons.